The molecular formula is C18H13ClN4O4. The molecule has 9 heteroatoms. The van der Waals surface area contributed by atoms with E-state index in [1.165, 1.54) is 18.2 Å². The highest BCUT2D eigenvalue weighted by Gasteiger charge is 2.09. The van der Waals surface area contributed by atoms with Crippen molar-refractivity contribution in [3.05, 3.63) is 81.2 Å². The molecule has 0 atom stereocenters. The highest BCUT2D eigenvalue weighted by molar-refractivity contribution is 6.30. The summed E-state index contributed by atoms with van der Waals surface area (Å²) in [6.45, 7) is 0.0665. The third-order valence-electron chi connectivity index (χ3n) is 3.50. The summed E-state index contributed by atoms with van der Waals surface area (Å²) in [5.74, 6) is 0.265. The number of hydrogen-bond acceptors (Lipinski definition) is 6. The molecule has 0 unspecified atom stereocenters. The van der Waals surface area contributed by atoms with E-state index >= 15 is 0 Å². The third-order valence-corrected chi connectivity index (χ3v) is 3.73. The van der Waals surface area contributed by atoms with E-state index in [1.807, 2.05) is 0 Å². The molecule has 0 aliphatic rings. The van der Waals surface area contributed by atoms with E-state index in [0.717, 1.165) is 0 Å². The van der Waals surface area contributed by atoms with Crippen molar-refractivity contribution in [3.63, 3.8) is 0 Å². The summed E-state index contributed by atoms with van der Waals surface area (Å²) in [6.07, 6.45) is 2.86. The van der Waals surface area contributed by atoms with Crippen molar-refractivity contribution >= 4 is 29.3 Å². The first-order chi connectivity index (χ1) is 13.0. The predicted octanol–water partition coefficient (Wildman–Crippen LogP) is 3.63. The van der Waals surface area contributed by atoms with Gasteiger partial charge >= 0.3 is 0 Å². The lowest BCUT2D eigenvalue weighted by molar-refractivity contribution is -0.384. The lowest BCUT2D eigenvalue weighted by atomic mass is 10.2. The smallest absolute Gasteiger partial charge is 0.269 e. The van der Waals surface area contributed by atoms with E-state index in [1.54, 1.807) is 42.5 Å². The first-order valence-corrected chi connectivity index (χ1v) is 8.18. The summed E-state index contributed by atoms with van der Waals surface area (Å²) in [5.41, 5.74) is 1.36. The Morgan fingerprint density at radius 2 is 2.04 bits per heavy atom. The molecule has 0 aliphatic carbocycles. The quantitative estimate of drug-likeness (QED) is 0.394. The van der Waals surface area contributed by atoms with Gasteiger partial charge in [0.1, 0.15) is 0 Å². The number of non-ortho nitro benzene ring substituents is 1. The molecule has 2 aromatic carbocycles. The standard InChI is InChI=1S/C18H13ClN4O4/c19-14-3-1-2-13(10-14)18-21-17(27-22-18)11-20-16(24)9-6-12-4-7-15(8-5-12)23(25)26/h1-10H,11H2,(H,20,24)/b9-6+. The number of halogens is 1. The fourth-order valence-corrected chi connectivity index (χ4v) is 2.36. The number of aromatic nitrogens is 2. The minimum Gasteiger partial charge on any atom is -0.343 e. The van der Waals surface area contributed by atoms with Gasteiger partial charge in [0, 0.05) is 28.8 Å². The molecule has 0 saturated heterocycles. The third kappa shape index (κ3) is 4.99. The van der Waals surface area contributed by atoms with Gasteiger partial charge in [-0.3, -0.25) is 14.9 Å². The molecule has 0 bridgehead atoms. The number of nitrogens with one attached hydrogen (secondary N) is 1. The number of nitro benzene ring substituents is 1. The van der Waals surface area contributed by atoms with Crippen molar-refractivity contribution in [2.24, 2.45) is 0 Å². The molecule has 0 fully saturated rings. The van der Waals surface area contributed by atoms with Crippen LogP contribution in [0.2, 0.25) is 5.02 Å². The van der Waals surface area contributed by atoms with Gasteiger partial charge in [0.25, 0.3) is 5.69 Å². The maximum atomic E-state index is 11.9. The largest absolute Gasteiger partial charge is 0.343 e. The van der Waals surface area contributed by atoms with E-state index in [4.69, 9.17) is 16.1 Å². The lowest BCUT2D eigenvalue weighted by Gasteiger charge is -1.97. The first-order valence-electron chi connectivity index (χ1n) is 7.80. The van der Waals surface area contributed by atoms with Gasteiger partial charge in [-0.1, -0.05) is 28.9 Å². The van der Waals surface area contributed by atoms with E-state index in [9.17, 15) is 14.9 Å². The maximum Gasteiger partial charge on any atom is 0.269 e. The van der Waals surface area contributed by atoms with Gasteiger partial charge in [-0.15, -0.1) is 0 Å². The van der Waals surface area contributed by atoms with Crippen LogP contribution in [0.3, 0.4) is 0 Å². The van der Waals surface area contributed by atoms with Gasteiger partial charge in [-0.2, -0.15) is 4.98 Å². The van der Waals surface area contributed by atoms with Crippen molar-refractivity contribution < 1.29 is 14.2 Å². The number of hydrogen-bond donors (Lipinski definition) is 1. The van der Waals surface area contributed by atoms with Gasteiger partial charge in [0.15, 0.2) is 0 Å². The summed E-state index contributed by atoms with van der Waals surface area (Å²) in [7, 11) is 0. The Labute approximate surface area is 158 Å². The molecule has 1 N–H and O–H groups in total. The summed E-state index contributed by atoms with van der Waals surface area (Å²) < 4.78 is 5.10. The minimum absolute atomic E-state index is 0.0106. The van der Waals surface area contributed by atoms with Crippen LogP contribution >= 0.6 is 11.6 Å². The van der Waals surface area contributed by atoms with Crippen LogP contribution in [0.5, 0.6) is 0 Å². The molecule has 0 aliphatic heterocycles. The zero-order valence-corrected chi connectivity index (χ0v) is 14.6. The van der Waals surface area contributed by atoms with Gasteiger partial charge < -0.3 is 9.84 Å². The van der Waals surface area contributed by atoms with E-state index in [-0.39, 0.29) is 24.0 Å². The summed E-state index contributed by atoms with van der Waals surface area (Å²) >= 11 is 5.93. The molecule has 136 valence electrons. The number of nitrogens with zero attached hydrogens (tertiary/aromatic N) is 3. The number of benzene rings is 2. The molecule has 0 saturated carbocycles. The number of amides is 1. The average molecular weight is 385 g/mol. The van der Waals surface area contributed by atoms with Crippen molar-refractivity contribution in [1.29, 1.82) is 0 Å². The van der Waals surface area contributed by atoms with Crippen molar-refractivity contribution in [2.45, 2.75) is 6.54 Å². The fourth-order valence-electron chi connectivity index (χ4n) is 2.17. The topological polar surface area (TPSA) is 111 Å². The minimum atomic E-state index is -0.484. The zero-order valence-electron chi connectivity index (χ0n) is 13.8. The lowest BCUT2D eigenvalue weighted by Crippen LogP contribution is -2.20. The van der Waals surface area contributed by atoms with E-state index in [2.05, 4.69) is 15.5 Å². The second-order valence-corrected chi connectivity index (χ2v) is 5.86. The molecular weight excluding hydrogens is 372 g/mol. The molecule has 3 aromatic rings. The van der Waals surface area contributed by atoms with Crippen LogP contribution in [0.1, 0.15) is 11.5 Å². The zero-order chi connectivity index (χ0) is 19.2. The Balaban J connectivity index is 1.55. The molecule has 27 heavy (non-hydrogen) atoms. The summed E-state index contributed by atoms with van der Waals surface area (Å²) in [5, 5.41) is 17.6. The predicted molar refractivity (Wildman–Crippen MR) is 98.7 cm³/mol. The fraction of sp³-hybridized carbons (Fsp3) is 0.0556. The van der Waals surface area contributed by atoms with Gasteiger partial charge in [0.05, 0.1) is 11.5 Å². The van der Waals surface area contributed by atoms with Gasteiger partial charge in [-0.05, 0) is 35.9 Å². The molecule has 1 aromatic heterocycles. The molecule has 0 spiro atoms. The van der Waals surface area contributed by atoms with Crippen LogP contribution in [0.4, 0.5) is 5.69 Å². The molecule has 0 radical (unpaired) electrons. The first kappa shape index (κ1) is 18.3. The van der Waals surface area contributed by atoms with Crippen LogP contribution in [0.15, 0.2) is 59.1 Å². The molecule has 1 heterocycles. The van der Waals surface area contributed by atoms with Crippen molar-refractivity contribution in [2.75, 3.05) is 0 Å². The Kier molecular flexibility index (Phi) is 5.58. The number of nitro groups is 1. The van der Waals surface area contributed by atoms with Gasteiger partial charge in [0.2, 0.25) is 17.6 Å². The average Bonchev–Trinajstić information content (AvgIpc) is 3.14. The second-order valence-electron chi connectivity index (χ2n) is 5.42. The van der Waals surface area contributed by atoms with Crippen LogP contribution < -0.4 is 5.32 Å². The Bertz CT molecular complexity index is 999. The maximum absolute atomic E-state index is 11.9. The van der Waals surface area contributed by atoms with Gasteiger partial charge in [-0.25, -0.2) is 0 Å². The highest BCUT2D eigenvalue weighted by atomic mass is 35.5. The molecule has 3 rings (SSSR count). The monoisotopic (exact) mass is 384 g/mol. The van der Waals surface area contributed by atoms with Crippen LogP contribution in [0, 0.1) is 10.1 Å². The normalized spacial score (nSPS) is 10.9. The molecule has 8 nitrogen and oxygen atoms in total. The second kappa shape index (κ2) is 8.24. The number of carbonyl (C=O) groups excluding carboxylic acids is 1. The Hall–Kier alpha value is -3.52. The molecule has 1 amide bonds. The highest BCUT2D eigenvalue weighted by Crippen LogP contribution is 2.19. The number of rotatable bonds is 6. The van der Waals surface area contributed by atoms with Crippen LogP contribution in [0.25, 0.3) is 17.5 Å². The van der Waals surface area contributed by atoms with Crippen LogP contribution in [-0.4, -0.2) is 21.0 Å². The van der Waals surface area contributed by atoms with E-state index in [0.29, 0.717) is 22.0 Å². The van der Waals surface area contributed by atoms with Crippen LogP contribution in [-0.2, 0) is 11.3 Å². The Morgan fingerprint density at radius 3 is 2.74 bits per heavy atom. The summed E-state index contributed by atoms with van der Waals surface area (Å²) in [4.78, 5) is 26.2. The van der Waals surface area contributed by atoms with Crippen molar-refractivity contribution in [3.8, 4) is 11.4 Å². The number of carbonyl (C=O) groups is 1. The SMILES string of the molecule is O=C(/C=C/c1ccc([N+](=O)[O-])cc1)NCc1nc(-c2cccc(Cl)c2)no1. The van der Waals surface area contributed by atoms with Crippen molar-refractivity contribution in [1.82, 2.24) is 15.5 Å². The Morgan fingerprint density at radius 1 is 1.26 bits per heavy atom. The van der Waals surface area contributed by atoms with E-state index < -0.39 is 4.92 Å². The summed E-state index contributed by atoms with van der Waals surface area (Å²) in [6, 6.07) is 12.9.